The van der Waals surface area contributed by atoms with E-state index < -0.39 is 11.6 Å². The normalized spacial score (nSPS) is 11.4. The van der Waals surface area contributed by atoms with Gasteiger partial charge in [-0.15, -0.1) is 0 Å². The van der Waals surface area contributed by atoms with Crippen LogP contribution in [0.1, 0.15) is 43.9 Å². The minimum absolute atomic E-state index is 0.0581. The minimum atomic E-state index is -1.22. The number of rotatable bonds is 5. The number of nitrogens with zero attached hydrogens (tertiary/aromatic N) is 1. The van der Waals surface area contributed by atoms with Crippen LogP contribution >= 0.6 is 0 Å². The Balaban J connectivity index is 3.12. The third-order valence-corrected chi connectivity index (χ3v) is 2.04. The maximum Gasteiger partial charge on any atom is 0.359 e. The Morgan fingerprint density at radius 3 is 2.53 bits per heavy atom. The molecule has 0 atom stereocenters. The van der Waals surface area contributed by atoms with Crippen LogP contribution in [0.5, 0.6) is 6.01 Å². The van der Waals surface area contributed by atoms with Crippen molar-refractivity contribution >= 4 is 5.97 Å². The van der Waals surface area contributed by atoms with Crippen molar-refractivity contribution in [2.75, 3.05) is 13.2 Å². The number of hydrogen-bond donors (Lipinski definition) is 2. The van der Waals surface area contributed by atoms with Crippen LogP contribution in [-0.4, -0.2) is 34.3 Å². The Kier molecular flexibility index (Phi) is 4.11. The van der Waals surface area contributed by atoms with Crippen LogP contribution in [0, 0.1) is 0 Å². The number of esters is 1. The van der Waals surface area contributed by atoms with Crippen molar-refractivity contribution in [1.82, 2.24) is 9.97 Å². The van der Waals surface area contributed by atoms with Gasteiger partial charge in [0.25, 0.3) is 6.01 Å². The van der Waals surface area contributed by atoms with Crippen molar-refractivity contribution in [1.29, 1.82) is 0 Å². The molecular formula is C11H18N2O4. The molecule has 0 unspecified atom stereocenters. The molecule has 0 aliphatic heterocycles. The van der Waals surface area contributed by atoms with Crippen LogP contribution in [0.25, 0.3) is 0 Å². The van der Waals surface area contributed by atoms with E-state index in [1.54, 1.807) is 27.7 Å². The van der Waals surface area contributed by atoms with Crippen LogP contribution in [0.3, 0.4) is 0 Å². The van der Waals surface area contributed by atoms with E-state index in [-0.39, 0.29) is 18.3 Å². The predicted molar refractivity (Wildman–Crippen MR) is 61.0 cm³/mol. The van der Waals surface area contributed by atoms with Crippen LogP contribution in [0.2, 0.25) is 0 Å². The van der Waals surface area contributed by atoms with Crippen LogP contribution in [0.4, 0.5) is 0 Å². The molecular weight excluding hydrogens is 224 g/mol. The molecule has 0 aliphatic rings. The second-order valence-electron chi connectivity index (χ2n) is 3.98. The van der Waals surface area contributed by atoms with Crippen molar-refractivity contribution in [3.63, 3.8) is 0 Å². The van der Waals surface area contributed by atoms with Crippen molar-refractivity contribution < 1.29 is 19.4 Å². The van der Waals surface area contributed by atoms with E-state index in [1.165, 1.54) is 0 Å². The first-order chi connectivity index (χ1) is 7.90. The average molecular weight is 242 g/mol. The summed E-state index contributed by atoms with van der Waals surface area (Å²) in [6.07, 6.45) is 0. The molecule has 6 nitrogen and oxygen atoms in total. The monoisotopic (exact) mass is 242 g/mol. The summed E-state index contributed by atoms with van der Waals surface area (Å²) >= 11 is 0. The van der Waals surface area contributed by atoms with Gasteiger partial charge < -0.3 is 19.6 Å². The first-order valence-electron chi connectivity index (χ1n) is 5.52. The summed E-state index contributed by atoms with van der Waals surface area (Å²) in [5.74, 6) is -0.577. The Morgan fingerprint density at radius 2 is 2.06 bits per heavy atom. The summed E-state index contributed by atoms with van der Waals surface area (Å²) < 4.78 is 10.0. The van der Waals surface area contributed by atoms with Crippen molar-refractivity contribution in [2.45, 2.75) is 33.3 Å². The number of aromatic amines is 1. The number of carbonyl (C=O) groups excluding carboxylic acids is 1. The highest BCUT2D eigenvalue weighted by Crippen LogP contribution is 2.24. The zero-order chi connectivity index (χ0) is 13.1. The van der Waals surface area contributed by atoms with Crippen molar-refractivity contribution in [3.8, 4) is 6.01 Å². The fourth-order valence-corrected chi connectivity index (χ4v) is 1.35. The van der Waals surface area contributed by atoms with Crippen LogP contribution < -0.4 is 4.74 Å². The number of H-pyrrole nitrogens is 1. The third-order valence-electron chi connectivity index (χ3n) is 2.04. The molecule has 0 saturated heterocycles. The highest BCUT2D eigenvalue weighted by molar-refractivity contribution is 5.89. The summed E-state index contributed by atoms with van der Waals surface area (Å²) in [4.78, 5) is 18.4. The van der Waals surface area contributed by atoms with Gasteiger partial charge in [-0.1, -0.05) is 0 Å². The van der Waals surface area contributed by atoms with Gasteiger partial charge >= 0.3 is 5.97 Å². The van der Waals surface area contributed by atoms with E-state index in [4.69, 9.17) is 9.47 Å². The highest BCUT2D eigenvalue weighted by Gasteiger charge is 2.29. The molecule has 0 saturated carbocycles. The number of imidazole rings is 1. The standard InChI is InChI=1S/C11H18N2O4/c1-5-16-9(14)7-8(11(3,4)15)13-10(12-7)17-6-2/h15H,5-6H2,1-4H3,(H,12,13). The van der Waals surface area contributed by atoms with Gasteiger partial charge in [-0.25, -0.2) is 4.79 Å². The van der Waals surface area contributed by atoms with E-state index in [1.807, 2.05) is 0 Å². The number of aromatic nitrogens is 2. The summed E-state index contributed by atoms with van der Waals surface area (Å²) in [5.41, 5.74) is -0.869. The molecule has 1 rings (SSSR count). The van der Waals surface area contributed by atoms with Gasteiger partial charge in [0.05, 0.1) is 18.9 Å². The summed E-state index contributed by atoms with van der Waals surface area (Å²) in [6, 6.07) is 0.202. The predicted octanol–water partition coefficient (Wildman–Crippen LogP) is 1.21. The van der Waals surface area contributed by atoms with Crippen LogP contribution in [0.15, 0.2) is 0 Å². The molecule has 0 amide bonds. The minimum Gasteiger partial charge on any atom is -0.465 e. The van der Waals surface area contributed by atoms with Crippen molar-refractivity contribution in [3.05, 3.63) is 11.4 Å². The highest BCUT2D eigenvalue weighted by atomic mass is 16.5. The quantitative estimate of drug-likeness (QED) is 0.758. The molecule has 1 heterocycles. The molecule has 1 aromatic heterocycles. The molecule has 96 valence electrons. The fourth-order valence-electron chi connectivity index (χ4n) is 1.35. The van der Waals surface area contributed by atoms with Gasteiger partial charge in [-0.05, 0) is 27.7 Å². The number of carbonyl (C=O) groups is 1. The lowest BCUT2D eigenvalue weighted by molar-refractivity contribution is 0.0476. The largest absolute Gasteiger partial charge is 0.465 e. The SMILES string of the molecule is CCOC(=O)c1nc(OCC)[nH]c1C(C)(C)O. The van der Waals surface area contributed by atoms with Gasteiger partial charge in [0.2, 0.25) is 0 Å². The van der Waals surface area contributed by atoms with E-state index in [9.17, 15) is 9.90 Å². The zero-order valence-electron chi connectivity index (χ0n) is 10.5. The summed E-state index contributed by atoms with van der Waals surface area (Å²) in [5, 5.41) is 9.93. The summed E-state index contributed by atoms with van der Waals surface area (Å²) in [7, 11) is 0. The Morgan fingerprint density at radius 1 is 1.41 bits per heavy atom. The van der Waals surface area contributed by atoms with Gasteiger partial charge in [-0.3, -0.25) is 0 Å². The van der Waals surface area contributed by atoms with Gasteiger partial charge in [0.15, 0.2) is 5.69 Å². The average Bonchev–Trinajstić information content (AvgIpc) is 2.62. The summed E-state index contributed by atoms with van der Waals surface area (Å²) in [6.45, 7) is 7.29. The molecule has 1 aromatic rings. The van der Waals surface area contributed by atoms with Gasteiger partial charge in [-0.2, -0.15) is 4.98 Å². The van der Waals surface area contributed by atoms with Crippen LogP contribution in [-0.2, 0) is 10.3 Å². The lowest BCUT2D eigenvalue weighted by Gasteiger charge is -2.16. The molecule has 0 fully saturated rings. The number of aliphatic hydroxyl groups is 1. The first kappa shape index (κ1) is 13.5. The zero-order valence-corrected chi connectivity index (χ0v) is 10.5. The molecule has 0 spiro atoms. The second-order valence-corrected chi connectivity index (χ2v) is 3.98. The second kappa shape index (κ2) is 5.18. The molecule has 2 N–H and O–H groups in total. The molecule has 0 aliphatic carbocycles. The Labute approximate surface area is 100.0 Å². The fraction of sp³-hybridized carbons (Fsp3) is 0.636. The number of ether oxygens (including phenoxy) is 2. The van der Waals surface area contributed by atoms with E-state index >= 15 is 0 Å². The first-order valence-corrected chi connectivity index (χ1v) is 5.52. The molecule has 0 bridgehead atoms. The topological polar surface area (TPSA) is 84.4 Å². The molecule has 17 heavy (non-hydrogen) atoms. The van der Waals surface area contributed by atoms with E-state index in [0.717, 1.165) is 0 Å². The van der Waals surface area contributed by atoms with Gasteiger partial charge in [0.1, 0.15) is 5.60 Å². The molecule has 0 radical (unpaired) electrons. The molecule has 6 heteroatoms. The maximum absolute atomic E-state index is 11.7. The number of nitrogens with one attached hydrogen (secondary N) is 1. The Hall–Kier alpha value is -1.56. The van der Waals surface area contributed by atoms with E-state index in [0.29, 0.717) is 12.3 Å². The third kappa shape index (κ3) is 3.20. The molecule has 0 aromatic carbocycles. The van der Waals surface area contributed by atoms with Crippen molar-refractivity contribution in [2.24, 2.45) is 0 Å². The van der Waals surface area contributed by atoms with E-state index in [2.05, 4.69) is 9.97 Å². The lowest BCUT2D eigenvalue weighted by atomic mass is 10.0. The van der Waals surface area contributed by atoms with Gasteiger partial charge in [0, 0.05) is 0 Å². The lowest BCUT2D eigenvalue weighted by Crippen LogP contribution is -2.21. The number of hydrogen-bond acceptors (Lipinski definition) is 5. The maximum atomic E-state index is 11.7. The Bertz CT molecular complexity index is 393. The smallest absolute Gasteiger partial charge is 0.359 e.